The Balaban J connectivity index is 0.00000450. The van der Waals surface area contributed by atoms with Crippen LogP contribution in [-0.4, -0.2) is 55.5 Å². The lowest BCUT2D eigenvalue weighted by molar-refractivity contribution is -0.128. The van der Waals surface area contributed by atoms with E-state index >= 15 is 0 Å². The first-order chi connectivity index (χ1) is 14.1. The summed E-state index contributed by atoms with van der Waals surface area (Å²) < 4.78 is 5.66. The zero-order valence-corrected chi connectivity index (χ0v) is 19.8. The van der Waals surface area contributed by atoms with Gasteiger partial charge in [0.1, 0.15) is 12.4 Å². The molecular weight excluding hydrogens is 493 g/mol. The number of hydrogen-bond donors (Lipinski definition) is 2. The second-order valence-electron chi connectivity index (χ2n) is 6.37. The van der Waals surface area contributed by atoms with Crippen LogP contribution in [0.1, 0.15) is 11.3 Å². The molecule has 0 saturated heterocycles. The summed E-state index contributed by atoms with van der Waals surface area (Å²) in [6.07, 6.45) is 4.19. The third-order valence-electron chi connectivity index (χ3n) is 4.26. The van der Waals surface area contributed by atoms with Gasteiger partial charge in [-0.25, -0.2) is 0 Å². The van der Waals surface area contributed by atoms with E-state index in [0.717, 1.165) is 23.4 Å². The number of pyridine rings is 1. The van der Waals surface area contributed by atoms with Crippen molar-refractivity contribution in [1.29, 1.82) is 0 Å². The molecule has 2 rings (SSSR count). The standard InChI is InChI=1S/C22H29N5O2.HI/c1-4-15-29-20-11-6-5-9-18(20)16-25-22(23-2)26-17-21(28)27(3)14-12-19-10-7-8-13-24-19;/h4-11,13H,1,12,14-17H2,2-3H3,(H2,23,25,26);1H. The van der Waals surface area contributed by atoms with E-state index in [9.17, 15) is 4.79 Å². The zero-order chi connectivity index (χ0) is 20.9. The number of ether oxygens (including phenoxy) is 1. The molecule has 2 N–H and O–H groups in total. The van der Waals surface area contributed by atoms with E-state index in [-0.39, 0.29) is 36.4 Å². The van der Waals surface area contributed by atoms with Crippen molar-refractivity contribution in [2.24, 2.45) is 4.99 Å². The predicted octanol–water partition coefficient (Wildman–Crippen LogP) is 2.63. The number of halogens is 1. The molecule has 2 aromatic rings. The number of carbonyl (C=O) groups excluding carboxylic acids is 1. The number of aliphatic imine (C=N–C) groups is 1. The molecule has 0 unspecified atom stereocenters. The summed E-state index contributed by atoms with van der Waals surface area (Å²) >= 11 is 0. The number of nitrogens with zero attached hydrogens (tertiary/aromatic N) is 3. The Morgan fingerprint density at radius 3 is 2.70 bits per heavy atom. The summed E-state index contributed by atoms with van der Waals surface area (Å²) in [5, 5.41) is 6.26. The van der Waals surface area contributed by atoms with Gasteiger partial charge < -0.3 is 20.3 Å². The normalized spacial score (nSPS) is 10.5. The highest BCUT2D eigenvalue weighted by Crippen LogP contribution is 2.17. The lowest BCUT2D eigenvalue weighted by atomic mass is 10.2. The van der Waals surface area contributed by atoms with Crippen LogP contribution >= 0.6 is 24.0 Å². The molecule has 0 fully saturated rings. The molecule has 0 aliphatic heterocycles. The molecule has 0 radical (unpaired) electrons. The summed E-state index contributed by atoms with van der Waals surface area (Å²) in [4.78, 5) is 22.5. The van der Waals surface area contributed by atoms with Crippen LogP contribution in [0, 0.1) is 0 Å². The maximum absolute atomic E-state index is 12.4. The number of benzene rings is 1. The SMILES string of the molecule is C=CCOc1ccccc1CNC(=NC)NCC(=O)N(C)CCc1ccccn1.I. The topological polar surface area (TPSA) is 78.8 Å². The van der Waals surface area contributed by atoms with Gasteiger partial charge in [0, 0.05) is 51.1 Å². The number of guanidine groups is 1. The number of likely N-dealkylation sites (N-methyl/N-ethyl adjacent to an activating group) is 1. The van der Waals surface area contributed by atoms with Gasteiger partial charge in [-0.2, -0.15) is 0 Å². The molecule has 1 heterocycles. The average Bonchev–Trinajstić information content (AvgIpc) is 2.77. The first-order valence-electron chi connectivity index (χ1n) is 9.54. The molecule has 0 aliphatic rings. The van der Waals surface area contributed by atoms with Crippen molar-refractivity contribution in [2.75, 3.05) is 33.8 Å². The van der Waals surface area contributed by atoms with Gasteiger partial charge in [-0.15, -0.1) is 24.0 Å². The Hall–Kier alpha value is -2.62. The third kappa shape index (κ3) is 8.81. The Labute approximate surface area is 195 Å². The number of nitrogens with one attached hydrogen (secondary N) is 2. The van der Waals surface area contributed by atoms with Crippen LogP contribution in [-0.2, 0) is 17.8 Å². The van der Waals surface area contributed by atoms with Gasteiger partial charge in [0.25, 0.3) is 0 Å². The quantitative estimate of drug-likeness (QED) is 0.217. The lowest BCUT2D eigenvalue weighted by Gasteiger charge is -2.19. The number of rotatable bonds is 10. The molecule has 0 aliphatic carbocycles. The average molecular weight is 523 g/mol. The zero-order valence-electron chi connectivity index (χ0n) is 17.5. The minimum atomic E-state index is -0.0152. The summed E-state index contributed by atoms with van der Waals surface area (Å²) in [6.45, 7) is 5.41. The Morgan fingerprint density at radius 1 is 1.23 bits per heavy atom. The second kappa shape index (κ2) is 14.4. The van der Waals surface area contributed by atoms with Crippen LogP contribution in [0.5, 0.6) is 5.75 Å². The summed E-state index contributed by atoms with van der Waals surface area (Å²) in [6, 6.07) is 13.6. The van der Waals surface area contributed by atoms with Gasteiger partial charge in [-0.3, -0.25) is 14.8 Å². The van der Waals surface area contributed by atoms with Crippen molar-refractivity contribution in [3.05, 3.63) is 72.6 Å². The fraction of sp³-hybridized carbons (Fsp3) is 0.318. The lowest BCUT2D eigenvalue weighted by Crippen LogP contribution is -2.43. The molecule has 30 heavy (non-hydrogen) atoms. The van der Waals surface area contributed by atoms with Crippen molar-refractivity contribution in [3.63, 3.8) is 0 Å². The molecule has 1 amide bonds. The summed E-state index contributed by atoms with van der Waals surface area (Å²) in [5.74, 6) is 1.33. The molecular formula is C22H30IN5O2. The van der Waals surface area contributed by atoms with Crippen molar-refractivity contribution >= 4 is 35.8 Å². The van der Waals surface area contributed by atoms with E-state index < -0.39 is 0 Å². The third-order valence-corrected chi connectivity index (χ3v) is 4.26. The number of carbonyl (C=O) groups is 1. The highest BCUT2D eigenvalue weighted by molar-refractivity contribution is 14.0. The molecule has 7 nitrogen and oxygen atoms in total. The highest BCUT2D eigenvalue weighted by atomic mass is 127. The molecule has 162 valence electrons. The van der Waals surface area contributed by atoms with Gasteiger partial charge in [0.05, 0.1) is 6.54 Å². The van der Waals surface area contributed by atoms with Crippen LogP contribution < -0.4 is 15.4 Å². The maximum Gasteiger partial charge on any atom is 0.241 e. The smallest absolute Gasteiger partial charge is 0.241 e. The highest BCUT2D eigenvalue weighted by Gasteiger charge is 2.10. The molecule has 0 spiro atoms. The molecule has 0 atom stereocenters. The molecule has 0 bridgehead atoms. The second-order valence-corrected chi connectivity index (χ2v) is 6.37. The van der Waals surface area contributed by atoms with Gasteiger partial charge in [0.15, 0.2) is 5.96 Å². The monoisotopic (exact) mass is 523 g/mol. The van der Waals surface area contributed by atoms with Crippen molar-refractivity contribution < 1.29 is 9.53 Å². The molecule has 1 aromatic heterocycles. The van der Waals surface area contributed by atoms with E-state index in [2.05, 4.69) is 27.2 Å². The fourth-order valence-corrected chi connectivity index (χ4v) is 2.59. The number of hydrogen-bond acceptors (Lipinski definition) is 4. The Bertz CT molecular complexity index is 814. The number of para-hydroxylation sites is 1. The Morgan fingerprint density at radius 2 is 2.00 bits per heavy atom. The van der Waals surface area contributed by atoms with Gasteiger partial charge in [-0.05, 0) is 18.2 Å². The largest absolute Gasteiger partial charge is 0.489 e. The number of amides is 1. The summed E-state index contributed by atoms with van der Waals surface area (Å²) in [5.41, 5.74) is 1.96. The number of aromatic nitrogens is 1. The van der Waals surface area contributed by atoms with E-state index in [0.29, 0.717) is 25.7 Å². The van der Waals surface area contributed by atoms with E-state index in [1.165, 1.54) is 0 Å². The van der Waals surface area contributed by atoms with E-state index in [4.69, 9.17) is 4.74 Å². The van der Waals surface area contributed by atoms with Gasteiger partial charge >= 0.3 is 0 Å². The van der Waals surface area contributed by atoms with Crippen molar-refractivity contribution in [2.45, 2.75) is 13.0 Å². The minimum absolute atomic E-state index is 0. The Kier molecular flexibility index (Phi) is 12.2. The molecule has 1 aromatic carbocycles. The van der Waals surface area contributed by atoms with Crippen molar-refractivity contribution in [3.8, 4) is 5.75 Å². The van der Waals surface area contributed by atoms with Crippen LogP contribution in [0.25, 0.3) is 0 Å². The molecule has 8 heteroatoms. The summed E-state index contributed by atoms with van der Waals surface area (Å²) in [7, 11) is 3.46. The first-order valence-corrected chi connectivity index (χ1v) is 9.54. The van der Waals surface area contributed by atoms with Crippen LogP contribution in [0.15, 0.2) is 66.3 Å². The minimum Gasteiger partial charge on any atom is -0.489 e. The molecule has 0 saturated carbocycles. The van der Waals surface area contributed by atoms with Crippen LogP contribution in [0.2, 0.25) is 0 Å². The first kappa shape index (κ1) is 25.4. The van der Waals surface area contributed by atoms with Crippen molar-refractivity contribution in [1.82, 2.24) is 20.5 Å². The van der Waals surface area contributed by atoms with E-state index in [1.54, 1.807) is 31.3 Å². The van der Waals surface area contributed by atoms with Gasteiger partial charge in [-0.1, -0.05) is 36.9 Å². The van der Waals surface area contributed by atoms with E-state index in [1.807, 2.05) is 42.5 Å². The van der Waals surface area contributed by atoms with Crippen LogP contribution in [0.3, 0.4) is 0 Å². The predicted molar refractivity (Wildman–Crippen MR) is 131 cm³/mol. The van der Waals surface area contributed by atoms with Crippen LogP contribution in [0.4, 0.5) is 0 Å². The van der Waals surface area contributed by atoms with Gasteiger partial charge in [0.2, 0.25) is 5.91 Å². The fourth-order valence-electron chi connectivity index (χ4n) is 2.59. The maximum atomic E-state index is 12.4.